The number of imidazole rings is 1. The van der Waals surface area contributed by atoms with Gasteiger partial charge in [-0.3, -0.25) is 4.79 Å². The molecule has 0 aromatic carbocycles. The Kier molecular flexibility index (Phi) is 4.03. The number of nitrogens with one attached hydrogen (secondary N) is 1. The molecule has 0 bridgehead atoms. The number of carbonyl (C=O) groups is 1. The van der Waals surface area contributed by atoms with Gasteiger partial charge in [-0.15, -0.1) is 0 Å². The van der Waals surface area contributed by atoms with Crippen LogP contribution in [0.25, 0.3) is 5.65 Å². The Morgan fingerprint density at radius 2 is 2.40 bits per heavy atom. The van der Waals surface area contributed by atoms with Crippen LogP contribution in [0.4, 0.5) is 0 Å². The summed E-state index contributed by atoms with van der Waals surface area (Å²) >= 11 is 3.42. The molecule has 1 N–H and O–H groups in total. The van der Waals surface area contributed by atoms with E-state index in [1.165, 1.54) is 0 Å². The SMILES string of the molecule is O=C(C[C@H]1CCCO1)NCc1cn2cc(Br)ccc2n1. The molecule has 0 saturated carbocycles. The highest BCUT2D eigenvalue weighted by Gasteiger charge is 2.18. The van der Waals surface area contributed by atoms with Crippen molar-refractivity contribution in [3.05, 3.63) is 34.7 Å². The van der Waals surface area contributed by atoms with Gasteiger partial charge >= 0.3 is 0 Å². The number of halogens is 1. The molecule has 0 radical (unpaired) electrons. The van der Waals surface area contributed by atoms with Gasteiger partial charge in [0.15, 0.2) is 0 Å². The number of pyridine rings is 1. The van der Waals surface area contributed by atoms with Crippen molar-refractivity contribution >= 4 is 27.5 Å². The molecule has 20 heavy (non-hydrogen) atoms. The molecule has 6 heteroatoms. The maximum atomic E-state index is 11.8. The Balaban J connectivity index is 1.57. The minimum absolute atomic E-state index is 0.0233. The lowest BCUT2D eigenvalue weighted by Crippen LogP contribution is -2.26. The van der Waals surface area contributed by atoms with Crippen molar-refractivity contribution in [3.63, 3.8) is 0 Å². The summed E-state index contributed by atoms with van der Waals surface area (Å²) in [5.41, 5.74) is 1.72. The molecule has 1 fully saturated rings. The molecular weight excluding hydrogens is 322 g/mol. The monoisotopic (exact) mass is 337 g/mol. The quantitative estimate of drug-likeness (QED) is 0.931. The van der Waals surface area contributed by atoms with Crippen LogP contribution >= 0.6 is 15.9 Å². The number of fused-ring (bicyclic) bond motifs is 1. The lowest BCUT2D eigenvalue weighted by Gasteiger charge is -2.08. The summed E-state index contributed by atoms with van der Waals surface area (Å²) in [5, 5.41) is 2.89. The van der Waals surface area contributed by atoms with Crippen LogP contribution in [0.1, 0.15) is 25.0 Å². The van der Waals surface area contributed by atoms with E-state index in [1.54, 1.807) is 0 Å². The molecule has 1 atom stereocenters. The largest absolute Gasteiger partial charge is 0.378 e. The average molecular weight is 338 g/mol. The van der Waals surface area contributed by atoms with E-state index in [0.29, 0.717) is 13.0 Å². The third kappa shape index (κ3) is 3.19. The van der Waals surface area contributed by atoms with Crippen LogP contribution < -0.4 is 5.32 Å². The third-order valence-corrected chi connectivity index (χ3v) is 3.84. The van der Waals surface area contributed by atoms with Gasteiger partial charge in [-0.05, 0) is 40.9 Å². The minimum Gasteiger partial charge on any atom is -0.378 e. The number of hydrogen-bond acceptors (Lipinski definition) is 3. The zero-order valence-electron chi connectivity index (χ0n) is 11.0. The number of amides is 1. The van der Waals surface area contributed by atoms with Crippen molar-refractivity contribution in [2.45, 2.75) is 31.9 Å². The van der Waals surface area contributed by atoms with Crippen LogP contribution in [-0.4, -0.2) is 28.0 Å². The van der Waals surface area contributed by atoms with Gasteiger partial charge in [0.2, 0.25) is 5.91 Å². The van der Waals surface area contributed by atoms with Crippen molar-refractivity contribution < 1.29 is 9.53 Å². The van der Waals surface area contributed by atoms with E-state index in [4.69, 9.17) is 4.74 Å². The van der Waals surface area contributed by atoms with Crippen LogP contribution in [0.3, 0.4) is 0 Å². The standard InChI is InChI=1S/C14H16BrN3O2/c15-10-3-4-13-17-11(9-18(13)8-10)7-16-14(19)6-12-2-1-5-20-12/h3-4,8-9,12H,1-2,5-7H2,(H,16,19)/t12-/m1/s1. The lowest BCUT2D eigenvalue weighted by atomic mass is 10.2. The summed E-state index contributed by atoms with van der Waals surface area (Å²) < 4.78 is 8.38. The van der Waals surface area contributed by atoms with Crippen LogP contribution in [-0.2, 0) is 16.1 Å². The highest BCUT2D eigenvalue weighted by atomic mass is 79.9. The summed E-state index contributed by atoms with van der Waals surface area (Å²) in [6, 6.07) is 3.88. The number of hydrogen-bond donors (Lipinski definition) is 1. The van der Waals surface area contributed by atoms with E-state index in [9.17, 15) is 4.79 Å². The average Bonchev–Trinajstić information content (AvgIpc) is 3.04. The second-order valence-corrected chi connectivity index (χ2v) is 5.88. The molecule has 0 aliphatic carbocycles. The molecule has 1 aliphatic rings. The second kappa shape index (κ2) is 5.93. The summed E-state index contributed by atoms with van der Waals surface area (Å²) in [7, 11) is 0. The van der Waals surface area contributed by atoms with Gasteiger partial charge in [-0.2, -0.15) is 0 Å². The second-order valence-electron chi connectivity index (χ2n) is 4.96. The molecule has 106 valence electrons. The predicted octanol–water partition coefficient (Wildman–Crippen LogP) is 2.28. The number of carbonyl (C=O) groups excluding carboxylic acids is 1. The van der Waals surface area contributed by atoms with Crippen molar-refractivity contribution in [2.75, 3.05) is 6.61 Å². The van der Waals surface area contributed by atoms with E-state index in [2.05, 4.69) is 26.2 Å². The predicted molar refractivity (Wildman–Crippen MR) is 78.3 cm³/mol. The third-order valence-electron chi connectivity index (χ3n) is 3.37. The molecule has 1 saturated heterocycles. The molecule has 5 nitrogen and oxygen atoms in total. The molecule has 3 rings (SSSR count). The van der Waals surface area contributed by atoms with Gasteiger partial charge in [-0.1, -0.05) is 0 Å². The first-order valence-corrected chi connectivity index (χ1v) is 7.51. The van der Waals surface area contributed by atoms with E-state index in [1.807, 2.05) is 28.9 Å². The fraction of sp³-hybridized carbons (Fsp3) is 0.429. The fourth-order valence-corrected chi connectivity index (χ4v) is 2.73. The Labute approximate surface area is 125 Å². The molecule has 1 amide bonds. The summed E-state index contributed by atoms with van der Waals surface area (Å²) in [5.74, 6) is 0.0233. The number of ether oxygens (including phenoxy) is 1. The molecule has 2 aromatic rings. The van der Waals surface area contributed by atoms with Gasteiger partial charge in [0.1, 0.15) is 5.65 Å². The van der Waals surface area contributed by atoms with Crippen LogP contribution in [0.5, 0.6) is 0 Å². The van der Waals surface area contributed by atoms with E-state index >= 15 is 0 Å². The van der Waals surface area contributed by atoms with Gasteiger partial charge in [0.25, 0.3) is 0 Å². The highest BCUT2D eigenvalue weighted by Crippen LogP contribution is 2.15. The van der Waals surface area contributed by atoms with Crippen molar-refractivity contribution in [1.29, 1.82) is 0 Å². The first kappa shape index (κ1) is 13.6. The maximum absolute atomic E-state index is 11.8. The Morgan fingerprint density at radius 3 is 3.20 bits per heavy atom. The zero-order valence-corrected chi connectivity index (χ0v) is 12.6. The Bertz CT molecular complexity index is 620. The molecule has 3 heterocycles. The molecule has 1 aliphatic heterocycles. The summed E-state index contributed by atoms with van der Waals surface area (Å²) in [6.45, 7) is 1.23. The molecule has 0 spiro atoms. The van der Waals surface area contributed by atoms with Crippen LogP contribution in [0, 0.1) is 0 Å². The number of nitrogens with zero attached hydrogens (tertiary/aromatic N) is 2. The number of rotatable bonds is 4. The van der Waals surface area contributed by atoms with E-state index in [0.717, 1.165) is 35.3 Å². The Hall–Kier alpha value is -1.40. The summed E-state index contributed by atoms with van der Waals surface area (Å²) in [6.07, 6.45) is 6.44. The molecule has 2 aromatic heterocycles. The summed E-state index contributed by atoms with van der Waals surface area (Å²) in [4.78, 5) is 16.3. The van der Waals surface area contributed by atoms with Crippen LogP contribution in [0.2, 0.25) is 0 Å². The zero-order chi connectivity index (χ0) is 13.9. The highest BCUT2D eigenvalue weighted by molar-refractivity contribution is 9.10. The first-order valence-electron chi connectivity index (χ1n) is 6.72. The topological polar surface area (TPSA) is 55.6 Å². The van der Waals surface area contributed by atoms with E-state index in [-0.39, 0.29) is 12.0 Å². The lowest BCUT2D eigenvalue weighted by molar-refractivity contribution is -0.123. The van der Waals surface area contributed by atoms with Crippen molar-refractivity contribution in [3.8, 4) is 0 Å². The number of aromatic nitrogens is 2. The minimum atomic E-state index is 0.0233. The smallest absolute Gasteiger partial charge is 0.222 e. The molecule has 0 unspecified atom stereocenters. The van der Waals surface area contributed by atoms with Gasteiger partial charge in [0.05, 0.1) is 24.8 Å². The molecular formula is C14H16BrN3O2. The van der Waals surface area contributed by atoms with Crippen LogP contribution in [0.15, 0.2) is 29.0 Å². The fourth-order valence-electron chi connectivity index (χ4n) is 2.38. The van der Waals surface area contributed by atoms with E-state index < -0.39 is 0 Å². The first-order chi connectivity index (χ1) is 9.70. The van der Waals surface area contributed by atoms with Gasteiger partial charge in [-0.25, -0.2) is 4.98 Å². The van der Waals surface area contributed by atoms with Gasteiger partial charge < -0.3 is 14.5 Å². The van der Waals surface area contributed by atoms with Crippen molar-refractivity contribution in [1.82, 2.24) is 14.7 Å². The van der Waals surface area contributed by atoms with Gasteiger partial charge in [0, 0.05) is 23.5 Å². The maximum Gasteiger partial charge on any atom is 0.222 e. The normalized spacial score (nSPS) is 18.6. The van der Waals surface area contributed by atoms with Crippen molar-refractivity contribution in [2.24, 2.45) is 0 Å². The Morgan fingerprint density at radius 1 is 1.50 bits per heavy atom.